The molecule has 0 heterocycles. The monoisotopic (exact) mass is 441 g/mol. The SMILES string of the molecule is Cc1ccc(C(CC(=O)Nc2cc(Cl)ccc2Cl)c2ccc(OC(C)C)cc2)cc1. The van der Waals surface area contributed by atoms with Gasteiger partial charge in [0.05, 0.1) is 16.8 Å². The Morgan fingerprint density at radius 1 is 0.933 bits per heavy atom. The molecule has 0 aliphatic heterocycles. The van der Waals surface area contributed by atoms with E-state index in [0.717, 1.165) is 16.9 Å². The highest BCUT2D eigenvalue weighted by Gasteiger charge is 2.19. The van der Waals surface area contributed by atoms with E-state index >= 15 is 0 Å². The molecular formula is C25H25Cl2NO2. The van der Waals surface area contributed by atoms with E-state index in [2.05, 4.69) is 29.6 Å². The number of rotatable bonds is 7. The minimum atomic E-state index is -0.132. The predicted octanol–water partition coefficient (Wildman–Crippen LogP) is 7.25. The van der Waals surface area contributed by atoms with E-state index in [9.17, 15) is 4.79 Å². The van der Waals surface area contributed by atoms with Crippen molar-refractivity contribution in [3.8, 4) is 5.75 Å². The maximum absolute atomic E-state index is 12.9. The van der Waals surface area contributed by atoms with Crippen molar-refractivity contribution in [2.75, 3.05) is 5.32 Å². The summed E-state index contributed by atoms with van der Waals surface area (Å²) in [6, 6.07) is 21.2. The highest BCUT2D eigenvalue weighted by molar-refractivity contribution is 6.35. The van der Waals surface area contributed by atoms with Gasteiger partial charge in [-0.25, -0.2) is 0 Å². The van der Waals surface area contributed by atoms with E-state index in [4.69, 9.17) is 27.9 Å². The summed E-state index contributed by atoms with van der Waals surface area (Å²) in [6.45, 7) is 6.04. The zero-order valence-corrected chi connectivity index (χ0v) is 18.8. The van der Waals surface area contributed by atoms with Crippen molar-refractivity contribution in [1.82, 2.24) is 0 Å². The molecule has 3 aromatic rings. The van der Waals surface area contributed by atoms with Crippen molar-refractivity contribution in [1.29, 1.82) is 0 Å². The lowest BCUT2D eigenvalue weighted by Crippen LogP contribution is -2.17. The second kappa shape index (κ2) is 10.0. The lowest BCUT2D eigenvalue weighted by atomic mass is 9.88. The number of carbonyl (C=O) groups is 1. The van der Waals surface area contributed by atoms with Crippen LogP contribution in [0.15, 0.2) is 66.7 Å². The van der Waals surface area contributed by atoms with E-state index < -0.39 is 0 Å². The number of anilines is 1. The Kier molecular flexibility index (Phi) is 7.41. The number of halogens is 2. The first-order chi connectivity index (χ1) is 14.3. The first kappa shape index (κ1) is 22.2. The highest BCUT2D eigenvalue weighted by Crippen LogP contribution is 2.31. The van der Waals surface area contributed by atoms with Gasteiger partial charge < -0.3 is 10.1 Å². The number of nitrogens with one attached hydrogen (secondary N) is 1. The number of hydrogen-bond acceptors (Lipinski definition) is 2. The average molecular weight is 442 g/mol. The molecule has 0 fully saturated rings. The van der Waals surface area contributed by atoms with Crippen LogP contribution in [-0.2, 0) is 4.79 Å². The first-order valence-corrected chi connectivity index (χ1v) is 10.7. The van der Waals surface area contributed by atoms with Gasteiger partial charge in [-0.15, -0.1) is 0 Å². The van der Waals surface area contributed by atoms with Crippen molar-refractivity contribution in [2.24, 2.45) is 0 Å². The van der Waals surface area contributed by atoms with Crippen molar-refractivity contribution < 1.29 is 9.53 Å². The second-order valence-corrected chi connectivity index (χ2v) is 8.42. The van der Waals surface area contributed by atoms with Gasteiger partial charge in [0, 0.05) is 17.4 Å². The second-order valence-electron chi connectivity index (χ2n) is 7.58. The van der Waals surface area contributed by atoms with Gasteiger partial charge in [-0.3, -0.25) is 4.79 Å². The fourth-order valence-corrected chi connectivity index (χ4v) is 3.59. The van der Waals surface area contributed by atoms with Gasteiger partial charge in [0.2, 0.25) is 5.91 Å². The van der Waals surface area contributed by atoms with Crippen LogP contribution in [-0.4, -0.2) is 12.0 Å². The largest absolute Gasteiger partial charge is 0.491 e. The van der Waals surface area contributed by atoms with Crippen LogP contribution in [0.3, 0.4) is 0 Å². The molecule has 0 aromatic heterocycles. The average Bonchev–Trinajstić information content (AvgIpc) is 2.70. The van der Waals surface area contributed by atoms with E-state index in [1.807, 2.05) is 45.0 Å². The van der Waals surface area contributed by atoms with Gasteiger partial charge in [-0.1, -0.05) is 65.2 Å². The van der Waals surface area contributed by atoms with E-state index in [-0.39, 0.29) is 24.3 Å². The first-order valence-electron chi connectivity index (χ1n) is 9.90. The molecule has 1 amide bonds. The molecule has 3 nitrogen and oxygen atoms in total. The van der Waals surface area contributed by atoms with Crippen LogP contribution < -0.4 is 10.1 Å². The number of benzene rings is 3. The molecule has 0 spiro atoms. The van der Waals surface area contributed by atoms with Crippen LogP contribution in [0.25, 0.3) is 0 Å². The fourth-order valence-electron chi connectivity index (χ4n) is 3.26. The summed E-state index contributed by atoms with van der Waals surface area (Å²) in [4.78, 5) is 12.9. The molecular weight excluding hydrogens is 417 g/mol. The summed E-state index contributed by atoms with van der Waals surface area (Å²) >= 11 is 12.2. The Morgan fingerprint density at radius 3 is 2.13 bits per heavy atom. The van der Waals surface area contributed by atoms with Crippen molar-refractivity contribution >= 4 is 34.8 Å². The third kappa shape index (κ3) is 6.01. The zero-order chi connectivity index (χ0) is 21.7. The van der Waals surface area contributed by atoms with Crippen molar-refractivity contribution in [2.45, 2.75) is 39.2 Å². The van der Waals surface area contributed by atoms with Gasteiger partial charge in [-0.2, -0.15) is 0 Å². The smallest absolute Gasteiger partial charge is 0.225 e. The van der Waals surface area contributed by atoms with Crippen LogP contribution >= 0.6 is 23.2 Å². The molecule has 5 heteroatoms. The van der Waals surface area contributed by atoms with Gasteiger partial charge in [-0.05, 0) is 62.2 Å². The van der Waals surface area contributed by atoms with E-state index in [0.29, 0.717) is 15.7 Å². The minimum absolute atomic E-state index is 0.100. The fraction of sp³-hybridized carbons (Fsp3) is 0.240. The maximum Gasteiger partial charge on any atom is 0.225 e. The Morgan fingerprint density at radius 2 is 1.53 bits per heavy atom. The molecule has 30 heavy (non-hydrogen) atoms. The van der Waals surface area contributed by atoms with Crippen LogP contribution in [0.1, 0.15) is 42.9 Å². The Balaban J connectivity index is 1.85. The standard InChI is InChI=1S/C25H25Cl2NO2/c1-16(2)30-21-11-8-19(9-12-21)22(18-6-4-17(3)5-7-18)15-25(29)28-24-14-20(26)10-13-23(24)27/h4-14,16,22H,15H2,1-3H3,(H,28,29). The number of aryl methyl sites for hydroxylation is 1. The van der Waals surface area contributed by atoms with Crippen LogP contribution in [0.4, 0.5) is 5.69 Å². The minimum Gasteiger partial charge on any atom is -0.491 e. The number of amides is 1. The zero-order valence-electron chi connectivity index (χ0n) is 17.3. The topological polar surface area (TPSA) is 38.3 Å². The number of hydrogen-bond donors (Lipinski definition) is 1. The van der Waals surface area contributed by atoms with E-state index in [1.54, 1.807) is 18.2 Å². The molecule has 0 aliphatic rings. The number of ether oxygens (including phenoxy) is 1. The molecule has 1 atom stereocenters. The lowest BCUT2D eigenvalue weighted by molar-refractivity contribution is -0.116. The van der Waals surface area contributed by atoms with Gasteiger partial charge in [0.15, 0.2) is 0 Å². The molecule has 1 N–H and O–H groups in total. The molecule has 1 unspecified atom stereocenters. The van der Waals surface area contributed by atoms with E-state index in [1.165, 1.54) is 5.56 Å². The predicted molar refractivity (Wildman–Crippen MR) is 125 cm³/mol. The summed E-state index contributed by atoms with van der Waals surface area (Å²) in [5.74, 6) is 0.579. The lowest BCUT2D eigenvalue weighted by Gasteiger charge is -2.19. The van der Waals surface area contributed by atoms with Crippen molar-refractivity contribution in [3.05, 3.63) is 93.5 Å². The third-order valence-electron chi connectivity index (χ3n) is 4.73. The van der Waals surface area contributed by atoms with Gasteiger partial charge in [0.25, 0.3) is 0 Å². The van der Waals surface area contributed by atoms with Crippen molar-refractivity contribution in [3.63, 3.8) is 0 Å². The molecule has 3 rings (SSSR count). The molecule has 0 saturated carbocycles. The van der Waals surface area contributed by atoms with Crippen LogP contribution in [0, 0.1) is 6.92 Å². The summed E-state index contributed by atoms with van der Waals surface area (Å²) in [6.07, 6.45) is 0.382. The summed E-state index contributed by atoms with van der Waals surface area (Å²) in [5, 5.41) is 3.86. The van der Waals surface area contributed by atoms with Gasteiger partial charge >= 0.3 is 0 Å². The summed E-state index contributed by atoms with van der Waals surface area (Å²) < 4.78 is 5.75. The molecule has 3 aromatic carbocycles. The maximum atomic E-state index is 12.9. The third-order valence-corrected chi connectivity index (χ3v) is 5.29. The Bertz CT molecular complexity index is 999. The molecule has 0 bridgehead atoms. The molecule has 0 radical (unpaired) electrons. The Labute approximate surface area is 188 Å². The number of carbonyl (C=O) groups excluding carboxylic acids is 1. The van der Waals surface area contributed by atoms with Crippen LogP contribution in [0.2, 0.25) is 10.0 Å². The summed E-state index contributed by atoms with van der Waals surface area (Å²) in [5.41, 5.74) is 3.80. The molecule has 0 saturated heterocycles. The van der Waals surface area contributed by atoms with Gasteiger partial charge in [0.1, 0.15) is 5.75 Å². The summed E-state index contributed by atoms with van der Waals surface area (Å²) in [7, 11) is 0. The Hall–Kier alpha value is -2.49. The normalized spacial score (nSPS) is 11.9. The molecule has 0 aliphatic carbocycles. The van der Waals surface area contributed by atoms with Crippen LogP contribution in [0.5, 0.6) is 5.75 Å². The quantitative estimate of drug-likeness (QED) is 0.419. The highest BCUT2D eigenvalue weighted by atomic mass is 35.5. The molecule has 156 valence electrons.